The first-order chi connectivity index (χ1) is 18.6. The Morgan fingerprint density at radius 3 is 2.08 bits per heavy atom. The Labute approximate surface area is 228 Å². The Morgan fingerprint density at radius 2 is 1.54 bits per heavy atom. The van der Waals surface area contributed by atoms with Gasteiger partial charge in [0.25, 0.3) is 0 Å². The summed E-state index contributed by atoms with van der Waals surface area (Å²) in [6.45, 7) is 3.08. The molecule has 0 aliphatic heterocycles. The Bertz CT molecular complexity index is 1120. The summed E-state index contributed by atoms with van der Waals surface area (Å²) in [4.78, 5) is 24.2. The van der Waals surface area contributed by atoms with Crippen LogP contribution in [0.4, 0.5) is 0 Å². The van der Waals surface area contributed by atoms with Crippen LogP contribution in [0.25, 0.3) is 0 Å². The van der Waals surface area contributed by atoms with Crippen LogP contribution in [-0.4, -0.2) is 69.8 Å². The standard InChI is InChI=1S/C28H40N2O9/c1-3-19-9-18(15-31)10-26(35)23(19)12-29(14-28(38)39)7-8-30(21(17-33)11-27(36)37)13-24-22(4-2)20(16-32)5-6-25(24)34/h5-6,9-10,21,31-35H,3-4,7-8,11-17H2,1-2H3,(H,36,37)(H,38,39). The van der Waals surface area contributed by atoms with E-state index in [0.717, 1.165) is 11.1 Å². The Balaban J connectivity index is 2.41. The number of aryl methyl sites for hydroxylation is 1. The lowest BCUT2D eigenvalue weighted by atomic mass is 9.97. The zero-order chi connectivity index (χ0) is 29.1. The van der Waals surface area contributed by atoms with E-state index in [2.05, 4.69) is 0 Å². The maximum atomic E-state index is 11.6. The number of aliphatic carboxylic acids is 2. The molecule has 0 fully saturated rings. The number of benzene rings is 2. The summed E-state index contributed by atoms with van der Waals surface area (Å²) >= 11 is 0. The van der Waals surface area contributed by atoms with Crippen LogP contribution in [0, 0.1) is 0 Å². The summed E-state index contributed by atoms with van der Waals surface area (Å²) in [6.07, 6.45) is 0.598. The quantitative estimate of drug-likeness (QED) is 0.103. The van der Waals surface area contributed by atoms with Crippen molar-refractivity contribution in [1.82, 2.24) is 0 Å². The second-order valence-electron chi connectivity index (χ2n) is 9.74. The SMILES string of the molecule is CCc1cc(CO)cc(O)c1C[NH+](CC[NH+](Cc1c(O)ccc(CO)c1CC)C(CO)CC(=O)[O-])CC(=O)[O-]. The van der Waals surface area contributed by atoms with Crippen molar-refractivity contribution in [2.24, 2.45) is 0 Å². The van der Waals surface area contributed by atoms with Crippen molar-refractivity contribution in [2.45, 2.75) is 65.5 Å². The van der Waals surface area contributed by atoms with Crippen LogP contribution in [0.3, 0.4) is 0 Å². The molecule has 11 heteroatoms. The number of aliphatic hydroxyl groups excluding tert-OH is 3. The van der Waals surface area contributed by atoms with Gasteiger partial charge in [0.1, 0.15) is 50.3 Å². The fourth-order valence-corrected chi connectivity index (χ4v) is 5.14. The molecule has 0 aliphatic rings. The number of carboxylic acids is 2. The first-order valence-corrected chi connectivity index (χ1v) is 13.1. The number of nitrogens with one attached hydrogen (secondary N) is 2. The third-order valence-electron chi connectivity index (χ3n) is 7.20. The highest BCUT2D eigenvalue weighted by molar-refractivity contribution is 5.65. The molecular weight excluding hydrogens is 508 g/mol. The van der Waals surface area contributed by atoms with E-state index >= 15 is 0 Å². The molecule has 0 amide bonds. The molecule has 0 saturated carbocycles. The molecule has 2 rings (SSSR count). The summed E-state index contributed by atoms with van der Waals surface area (Å²) in [5, 5.41) is 73.5. The van der Waals surface area contributed by atoms with E-state index in [4.69, 9.17) is 0 Å². The molecular formula is C28H40N2O9. The molecule has 7 N–H and O–H groups in total. The number of aromatic hydroxyl groups is 2. The number of carboxylic acid groups (broad SMARTS) is 2. The van der Waals surface area contributed by atoms with Crippen molar-refractivity contribution < 1.29 is 55.1 Å². The molecule has 0 heterocycles. The van der Waals surface area contributed by atoms with Crippen molar-refractivity contribution in [2.75, 3.05) is 26.2 Å². The molecule has 0 saturated heterocycles. The van der Waals surface area contributed by atoms with E-state index in [9.17, 15) is 45.3 Å². The summed E-state index contributed by atoms with van der Waals surface area (Å²) < 4.78 is 0. The van der Waals surface area contributed by atoms with Crippen LogP contribution in [0.5, 0.6) is 11.5 Å². The number of phenolic OH excluding ortho intramolecular Hbond substituents is 2. The minimum absolute atomic E-state index is 0.0212. The molecule has 2 aromatic rings. The number of quaternary nitrogens is 2. The number of carbonyl (C=O) groups is 2. The van der Waals surface area contributed by atoms with Gasteiger partial charge in [-0.2, -0.15) is 0 Å². The molecule has 0 spiro atoms. The summed E-state index contributed by atoms with van der Waals surface area (Å²) in [5.74, 6) is -2.73. The number of carbonyl (C=O) groups excluding carboxylic acids is 2. The topological polar surface area (TPSA) is 190 Å². The van der Waals surface area contributed by atoms with Crippen LogP contribution in [0.15, 0.2) is 24.3 Å². The van der Waals surface area contributed by atoms with Gasteiger partial charge in [0.05, 0.1) is 36.9 Å². The third-order valence-corrected chi connectivity index (χ3v) is 7.20. The van der Waals surface area contributed by atoms with Crippen molar-refractivity contribution in [3.8, 4) is 11.5 Å². The Kier molecular flexibility index (Phi) is 12.6. The highest BCUT2D eigenvalue weighted by Gasteiger charge is 2.27. The summed E-state index contributed by atoms with van der Waals surface area (Å²) in [7, 11) is 0. The lowest BCUT2D eigenvalue weighted by molar-refractivity contribution is -0.981. The van der Waals surface area contributed by atoms with Gasteiger partial charge < -0.3 is 55.1 Å². The Hall–Kier alpha value is -3.22. The first kappa shape index (κ1) is 32.0. The number of hydrogen-bond donors (Lipinski definition) is 7. The molecule has 0 aromatic heterocycles. The van der Waals surface area contributed by atoms with E-state index in [1.165, 1.54) is 12.1 Å². The van der Waals surface area contributed by atoms with Crippen LogP contribution in [0.1, 0.15) is 53.6 Å². The minimum atomic E-state index is -1.35. The molecule has 3 atom stereocenters. The van der Waals surface area contributed by atoms with E-state index in [-0.39, 0.29) is 57.4 Å². The number of phenols is 2. The molecule has 216 valence electrons. The fourth-order valence-electron chi connectivity index (χ4n) is 5.14. The average Bonchev–Trinajstić information content (AvgIpc) is 2.90. The minimum Gasteiger partial charge on any atom is -0.550 e. The molecule has 2 aromatic carbocycles. The summed E-state index contributed by atoms with van der Waals surface area (Å²) in [6, 6.07) is 5.47. The summed E-state index contributed by atoms with van der Waals surface area (Å²) in [5.41, 5.74) is 3.71. The maximum Gasteiger partial charge on any atom is 0.127 e. The van der Waals surface area contributed by atoms with Crippen LogP contribution >= 0.6 is 0 Å². The van der Waals surface area contributed by atoms with E-state index in [1.807, 2.05) is 13.8 Å². The normalized spacial score (nSPS) is 13.7. The van der Waals surface area contributed by atoms with Crippen molar-refractivity contribution >= 4 is 11.9 Å². The molecule has 3 unspecified atom stereocenters. The van der Waals surface area contributed by atoms with Gasteiger partial charge in [-0.05, 0) is 47.2 Å². The number of aliphatic hydroxyl groups is 3. The van der Waals surface area contributed by atoms with Crippen LogP contribution in [-0.2, 0) is 48.7 Å². The van der Waals surface area contributed by atoms with Crippen LogP contribution < -0.4 is 20.0 Å². The van der Waals surface area contributed by atoms with Gasteiger partial charge in [-0.25, -0.2) is 0 Å². The van der Waals surface area contributed by atoms with Gasteiger partial charge in [-0.1, -0.05) is 26.0 Å². The number of rotatable bonds is 17. The predicted octanol–water partition coefficient (Wildman–Crippen LogP) is -4.07. The zero-order valence-electron chi connectivity index (χ0n) is 22.5. The third kappa shape index (κ3) is 8.91. The number of hydrogen-bond acceptors (Lipinski definition) is 9. The van der Waals surface area contributed by atoms with Crippen molar-refractivity contribution in [3.05, 3.63) is 57.6 Å². The second kappa shape index (κ2) is 15.4. The van der Waals surface area contributed by atoms with Crippen molar-refractivity contribution in [1.29, 1.82) is 0 Å². The maximum absolute atomic E-state index is 11.6. The fraction of sp³-hybridized carbons (Fsp3) is 0.500. The van der Waals surface area contributed by atoms with Gasteiger partial charge in [0.15, 0.2) is 0 Å². The van der Waals surface area contributed by atoms with Crippen molar-refractivity contribution in [3.63, 3.8) is 0 Å². The molecule has 39 heavy (non-hydrogen) atoms. The van der Waals surface area contributed by atoms with Gasteiger partial charge in [-0.3, -0.25) is 0 Å². The highest BCUT2D eigenvalue weighted by atomic mass is 16.4. The lowest BCUT2D eigenvalue weighted by Crippen LogP contribution is -3.22. The first-order valence-electron chi connectivity index (χ1n) is 13.1. The van der Waals surface area contributed by atoms with Gasteiger partial charge in [0, 0.05) is 12.4 Å². The second-order valence-corrected chi connectivity index (χ2v) is 9.74. The molecule has 0 aliphatic carbocycles. The van der Waals surface area contributed by atoms with Gasteiger partial charge >= 0.3 is 0 Å². The van der Waals surface area contributed by atoms with E-state index < -0.39 is 31.0 Å². The van der Waals surface area contributed by atoms with E-state index in [1.54, 1.807) is 12.1 Å². The lowest BCUT2D eigenvalue weighted by Gasteiger charge is -2.31. The molecule has 0 bridgehead atoms. The van der Waals surface area contributed by atoms with Gasteiger partial charge in [-0.15, -0.1) is 0 Å². The zero-order valence-corrected chi connectivity index (χ0v) is 22.5. The van der Waals surface area contributed by atoms with Crippen LogP contribution in [0.2, 0.25) is 0 Å². The molecule has 0 radical (unpaired) electrons. The predicted molar refractivity (Wildman–Crippen MR) is 136 cm³/mol. The van der Waals surface area contributed by atoms with Gasteiger partial charge in [0.2, 0.25) is 0 Å². The highest BCUT2D eigenvalue weighted by Crippen LogP contribution is 2.25. The molecule has 11 nitrogen and oxygen atoms in total. The Morgan fingerprint density at radius 1 is 0.821 bits per heavy atom. The monoisotopic (exact) mass is 548 g/mol. The average molecular weight is 549 g/mol. The van der Waals surface area contributed by atoms with E-state index in [0.29, 0.717) is 44.9 Å². The largest absolute Gasteiger partial charge is 0.550 e. The smallest absolute Gasteiger partial charge is 0.127 e.